The van der Waals surface area contributed by atoms with Gasteiger partial charge in [-0.05, 0) is 28.4 Å². The predicted molar refractivity (Wildman–Crippen MR) is 67.4 cm³/mol. The SMILES string of the molecule is COc1c(C)ccc(-c2cn[nH]c2N)c1Br. The summed E-state index contributed by atoms with van der Waals surface area (Å²) < 4.78 is 6.23. The molecule has 0 aliphatic heterocycles. The molecule has 1 aromatic carbocycles. The first kappa shape index (κ1) is 11.0. The average Bonchev–Trinajstić information content (AvgIpc) is 2.66. The van der Waals surface area contributed by atoms with Crippen LogP contribution in [-0.2, 0) is 0 Å². The molecular weight excluding hydrogens is 270 g/mol. The van der Waals surface area contributed by atoms with Gasteiger partial charge in [-0.15, -0.1) is 0 Å². The molecule has 3 N–H and O–H groups in total. The van der Waals surface area contributed by atoms with Gasteiger partial charge in [0.2, 0.25) is 0 Å². The van der Waals surface area contributed by atoms with Crippen molar-refractivity contribution in [1.82, 2.24) is 10.2 Å². The van der Waals surface area contributed by atoms with Crippen LogP contribution in [-0.4, -0.2) is 17.3 Å². The van der Waals surface area contributed by atoms with Gasteiger partial charge in [0.25, 0.3) is 0 Å². The van der Waals surface area contributed by atoms with Crippen LogP contribution in [0.3, 0.4) is 0 Å². The fourth-order valence-electron chi connectivity index (χ4n) is 1.62. The number of aryl methyl sites for hydroxylation is 1. The van der Waals surface area contributed by atoms with E-state index in [9.17, 15) is 0 Å². The molecule has 84 valence electrons. The average molecular weight is 282 g/mol. The minimum atomic E-state index is 0.548. The van der Waals surface area contributed by atoms with Crippen molar-refractivity contribution in [2.45, 2.75) is 6.92 Å². The summed E-state index contributed by atoms with van der Waals surface area (Å²) in [7, 11) is 1.65. The molecule has 1 heterocycles. The number of hydrogen-bond donors (Lipinski definition) is 2. The van der Waals surface area contributed by atoms with E-state index in [0.29, 0.717) is 5.82 Å². The molecule has 0 aliphatic carbocycles. The van der Waals surface area contributed by atoms with Gasteiger partial charge in [0.1, 0.15) is 11.6 Å². The molecule has 0 saturated carbocycles. The lowest BCUT2D eigenvalue weighted by molar-refractivity contribution is 0.409. The second-order valence-electron chi connectivity index (χ2n) is 3.47. The van der Waals surface area contributed by atoms with Gasteiger partial charge in [0.05, 0.1) is 17.8 Å². The largest absolute Gasteiger partial charge is 0.495 e. The molecule has 1 aromatic heterocycles. The van der Waals surface area contributed by atoms with Crippen LogP contribution in [0, 0.1) is 6.92 Å². The first-order chi connectivity index (χ1) is 7.65. The lowest BCUT2D eigenvalue weighted by Crippen LogP contribution is -1.93. The van der Waals surface area contributed by atoms with Gasteiger partial charge in [-0.25, -0.2) is 0 Å². The van der Waals surface area contributed by atoms with Gasteiger partial charge in [-0.1, -0.05) is 12.1 Å². The Balaban J connectivity index is 2.63. The quantitative estimate of drug-likeness (QED) is 0.890. The number of H-pyrrole nitrogens is 1. The molecule has 2 rings (SSSR count). The molecule has 0 spiro atoms. The Hall–Kier alpha value is -1.49. The van der Waals surface area contributed by atoms with Crippen molar-refractivity contribution in [1.29, 1.82) is 0 Å². The van der Waals surface area contributed by atoms with E-state index in [1.807, 2.05) is 19.1 Å². The van der Waals surface area contributed by atoms with Crippen LogP contribution in [0.5, 0.6) is 5.75 Å². The molecule has 0 amide bonds. The van der Waals surface area contributed by atoms with Gasteiger partial charge in [-0.2, -0.15) is 5.10 Å². The summed E-state index contributed by atoms with van der Waals surface area (Å²) in [5.74, 6) is 1.37. The van der Waals surface area contributed by atoms with Crippen LogP contribution in [0.4, 0.5) is 5.82 Å². The summed E-state index contributed by atoms with van der Waals surface area (Å²) in [5, 5.41) is 6.62. The van der Waals surface area contributed by atoms with Crippen LogP contribution < -0.4 is 10.5 Å². The number of hydrogen-bond acceptors (Lipinski definition) is 3. The number of benzene rings is 1. The highest BCUT2D eigenvalue weighted by atomic mass is 79.9. The Kier molecular flexibility index (Phi) is 2.87. The van der Waals surface area contributed by atoms with Gasteiger partial charge in [0, 0.05) is 11.1 Å². The van der Waals surface area contributed by atoms with E-state index < -0.39 is 0 Å². The Morgan fingerprint density at radius 1 is 1.38 bits per heavy atom. The van der Waals surface area contributed by atoms with E-state index in [-0.39, 0.29) is 0 Å². The van der Waals surface area contributed by atoms with E-state index >= 15 is 0 Å². The van der Waals surface area contributed by atoms with Gasteiger partial charge in [0.15, 0.2) is 0 Å². The lowest BCUT2D eigenvalue weighted by atomic mass is 10.1. The molecule has 0 aliphatic rings. The number of rotatable bonds is 2. The number of aromatic nitrogens is 2. The number of nitrogens with zero attached hydrogens (tertiary/aromatic N) is 1. The number of methoxy groups -OCH3 is 1. The maximum atomic E-state index is 5.79. The lowest BCUT2D eigenvalue weighted by Gasteiger charge is -2.11. The standard InChI is InChI=1S/C11H12BrN3O/c1-6-3-4-7(9(12)10(6)16-2)8-5-14-15-11(8)13/h3-5H,1-2H3,(H3,13,14,15). The highest BCUT2D eigenvalue weighted by Crippen LogP contribution is 2.39. The predicted octanol–water partition coefficient (Wildman–Crippen LogP) is 2.74. The van der Waals surface area contributed by atoms with Crippen molar-refractivity contribution in [3.8, 4) is 16.9 Å². The molecular formula is C11H12BrN3O. The molecule has 0 bridgehead atoms. The van der Waals surface area contributed by atoms with Crippen LogP contribution in [0.2, 0.25) is 0 Å². The Morgan fingerprint density at radius 3 is 2.69 bits per heavy atom. The normalized spacial score (nSPS) is 10.4. The van der Waals surface area contributed by atoms with Crippen molar-refractivity contribution in [3.63, 3.8) is 0 Å². The third-order valence-electron chi connectivity index (χ3n) is 2.46. The number of aromatic amines is 1. The highest BCUT2D eigenvalue weighted by molar-refractivity contribution is 9.10. The van der Waals surface area contributed by atoms with Crippen LogP contribution in [0.1, 0.15) is 5.56 Å². The summed E-state index contributed by atoms with van der Waals surface area (Å²) in [6, 6.07) is 3.98. The fourth-order valence-corrected chi connectivity index (χ4v) is 2.44. The van der Waals surface area contributed by atoms with Crippen molar-refractivity contribution in [3.05, 3.63) is 28.4 Å². The Labute approximate surface area is 102 Å². The van der Waals surface area contributed by atoms with Crippen LogP contribution in [0.25, 0.3) is 11.1 Å². The highest BCUT2D eigenvalue weighted by Gasteiger charge is 2.13. The second-order valence-corrected chi connectivity index (χ2v) is 4.27. The molecule has 2 aromatic rings. The van der Waals surface area contributed by atoms with Gasteiger partial charge < -0.3 is 10.5 Å². The number of nitrogens with two attached hydrogens (primary N) is 1. The minimum absolute atomic E-state index is 0.548. The summed E-state index contributed by atoms with van der Waals surface area (Å²) in [6.45, 7) is 1.99. The third-order valence-corrected chi connectivity index (χ3v) is 3.24. The Bertz CT molecular complexity index is 522. The van der Waals surface area contributed by atoms with Gasteiger partial charge in [-0.3, -0.25) is 5.10 Å². The zero-order chi connectivity index (χ0) is 11.7. The molecule has 0 fully saturated rings. The fraction of sp³-hybridized carbons (Fsp3) is 0.182. The first-order valence-electron chi connectivity index (χ1n) is 4.77. The molecule has 0 atom stereocenters. The van der Waals surface area contributed by atoms with E-state index in [1.165, 1.54) is 0 Å². The van der Waals surface area contributed by atoms with Crippen molar-refractivity contribution in [2.75, 3.05) is 12.8 Å². The summed E-state index contributed by atoms with van der Waals surface area (Å²) >= 11 is 3.53. The maximum absolute atomic E-state index is 5.79. The third kappa shape index (κ3) is 1.67. The van der Waals surface area contributed by atoms with Gasteiger partial charge >= 0.3 is 0 Å². The van der Waals surface area contributed by atoms with E-state index in [0.717, 1.165) is 26.9 Å². The molecule has 0 radical (unpaired) electrons. The Morgan fingerprint density at radius 2 is 2.12 bits per heavy atom. The van der Waals surface area contributed by atoms with Crippen molar-refractivity contribution >= 4 is 21.7 Å². The zero-order valence-corrected chi connectivity index (χ0v) is 10.6. The summed E-state index contributed by atoms with van der Waals surface area (Å²) in [6.07, 6.45) is 1.70. The number of nitrogen functional groups attached to an aromatic ring is 1. The number of ether oxygens (including phenoxy) is 1. The molecule has 0 unspecified atom stereocenters. The second kappa shape index (κ2) is 4.17. The monoisotopic (exact) mass is 281 g/mol. The maximum Gasteiger partial charge on any atom is 0.136 e. The van der Waals surface area contributed by atoms with Crippen LogP contribution >= 0.6 is 15.9 Å². The summed E-state index contributed by atoms with van der Waals surface area (Å²) in [4.78, 5) is 0. The van der Waals surface area contributed by atoms with Crippen molar-refractivity contribution < 1.29 is 4.74 Å². The van der Waals surface area contributed by atoms with Crippen LogP contribution in [0.15, 0.2) is 22.8 Å². The number of nitrogens with one attached hydrogen (secondary N) is 1. The molecule has 4 nitrogen and oxygen atoms in total. The van der Waals surface area contributed by atoms with E-state index in [4.69, 9.17) is 10.5 Å². The number of halogens is 1. The molecule has 0 saturated heterocycles. The topological polar surface area (TPSA) is 63.9 Å². The molecule has 16 heavy (non-hydrogen) atoms. The summed E-state index contributed by atoms with van der Waals surface area (Å²) in [5.41, 5.74) is 8.69. The van der Waals surface area contributed by atoms with Crippen molar-refractivity contribution in [2.24, 2.45) is 0 Å². The zero-order valence-electron chi connectivity index (χ0n) is 9.04. The minimum Gasteiger partial charge on any atom is -0.495 e. The smallest absolute Gasteiger partial charge is 0.136 e. The van der Waals surface area contributed by atoms with E-state index in [1.54, 1.807) is 13.3 Å². The van der Waals surface area contributed by atoms with E-state index in [2.05, 4.69) is 26.1 Å². The molecule has 5 heteroatoms. The number of anilines is 1. The first-order valence-corrected chi connectivity index (χ1v) is 5.56.